The van der Waals surface area contributed by atoms with E-state index in [4.69, 9.17) is 9.47 Å². The zero-order chi connectivity index (χ0) is 23.5. The summed E-state index contributed by atoms with van der Waals surface area (Å²) in [7, 11) is -3.69. The first-order chi connectivity index (χ1) is 16.5. The molecule has 0 unspecified atom stereocenters. The van der Waals surface area contributed by atoms with Gasteiger partial charge in [-0.05, 0) is 24.3 Å². The highest BCUT2D eigenvalue weighted by molar-refractivity contribution is 7.99. The Morgan fingerprint density at radius 3 is 2.53 bits per heavy atom. The number of para-hydroxylation sites is 1. The molecule has 1 amide bonds. The number of rotatable bonds is 5. The number of thioether (sulfide) groups is 1. The molecule has 1 fully saturated rings. The Balaban J connectivity index is 1.18. The van der Waals surface area contributed by atoms with Gasteiger partial charge < -0.3 is 14.4 Å². The van der Waals surface area contributed by atoms with Crippen LogP contribution in [0.3, 0.4) is 0 Å². The lowest BCUT2D eigenvalue weighted by atomic mass is 10.2. The van der Waals surface area contributed by atoms with Crippen molar-refractivity contribution in [2.45, 2.75) is 16.3 Å². The van der Waals surface area contributed by atoms with Crippen molar-refractivity contribution in [3.05, 3.63) is 54.6 Å². The average Bonchev–Trinajstić information content (AvgIpc) is 3.12. The number of ether oxygens (including phenoxy) is 2. The molecule has 2 aliphatic rings. The Labute approximate surface area is 202 Å². The second-order valence-corrected chi connectivity index (χ2v) is 11.0. The number of carbonyl (C=O) groups is 1. The highest BCUT2D eigenvalue weighted by atomic mass is 32.2. The average molecular weight is 500 g/mol. The lowest BCUT2D eigenvalue weighted by Gasteiger charge is -2.34. The lowest BCUT2D eigenvalue weighted by molar-refractivity contribution is -0.129. The number of piperazine rings is 1. The number of aromatic nitrogens is 1. The van der Waals surface area contributed by atoms with Crippen molar-refractivity contribution in [3.8, 4) is 11.5 Å². The van der Waals surface area contributed by atoms with E-state index in [1.807, 2.05) is 36.4 Å². The molecule has 3 heterocycles. The van der Waals surface area contributed by atoms with Gasteiger partial charge in [0.15, 0.2) is 11.5 Å². The summed E-state index contributed by atoms with van der Waals surface area (Å²) in [4.78, 5) is 19.2. The van der Waals surface area contributed by atoms with Gasteiger partial charge in [-0.15, -0.1) is 0 Å². The van der Waals surface area contributed by atoms with E-state index in [1.54, 1.807) is 17.0 Å². The molecule has 5 rings (SSSR count). The van der Waals surface area contributed by atoms with Crippen molar-refractivity contribution in [2.75, 3.05) is 45.1 Å². The fraction of sp³-hybridized carbons (Fsp3) is 0.333. The van der Waals surface area contributed by atoms with Crippen LogP contribution in [0, 0.1) is 0 Å². The third-order valence-electron chi connectivity index (χ3n) is 5.86. The molecule has 0 atom stereocenters. The molecule has 1 saturated heterocycles. The fourth-order valence-corrected chi connectivity index (χ4v) is 6.20. The largest absolute Gasteiger partial charge is 0.490 e. The van der Waals surface area contributed by atoms with Gasteiger partial charge >= 0.3 is 0 Å². The van der Waals surface area contributed by atoms with E-state index in [9.17, 15) is 13.2 Å². The second kappa shape index (κ2) is 9.81. The van der Waals surface area contributed by atoms with Gasteiger partial charge in [-0.2, -0.15) is 4.31 Å². The van der Waals surface area contributed by atoms with E-state index in [1.165, 1.54) is 22.1 Å². The topological polar surface area (TPSA) is 89.0 Å². The van der Waals surface area contributed by atoms with Gasteiger partial charge in [0.25, 0.3) is 0 Å². The molecule has 0 saturated carbocycles. The molecular weight excluding hydrogens is 474 g/mol. The predicted octanol–water partition coefficient (Wildman–Crippen LogP) is 3.02. The van der Waals surface area contributed by atoms with Crippen molar-refractivity contribution in [2.24, 2.45) is 0 Å². The van der Waals surface area contributed by atoms with Gasteiger partial charge in [0.05, 0.1) is 34.4 Å². The minimum Gasteiger partial charge on any atom is -0.490 e. The smallest absolute Gasteiger partial charge is 0.243 e. The van der Waals surface area contributed by atoms with E-state index in [0.717, 1.165) is 22.3 Å². The number of pyridine rings is 1. The first kappa shape index (κ1) is 22.9. The molecule has 2 aromatic carbocycles. The molecule has 178 valence electrons. The van der Waals surface area contributed by atoms with Crippen LogP contribution in [0.2, 0.25) is 0 Å². The summed E-state index contributed by atoms with van der Waals surface area (Å²) in [6, 6.07) is 16.5. The molecule has 0 spiro atoms. The maximum Gasteiger partial charge on any atom is 0.243 e. The maximum absolute atomic E-state index is 13.2. The Kier molecular flexibility index (Phi) is 6.62. The van der Waals surface area contributed by atoms with Crippen molar-refractivity contribution < 1.29 is 22.7 Å². The molecule has 8 nitrogen and oxygen atoms in total. The van der Waals surface area contributed by atoms with Crippen LogP contribution in [0.4, 0.5) is 0 Å². The number of fused-ring (bicyclic) bond motifs is 2. The van der Waals surface area contributed by atoms with Crippen molar-refractivity contribution in [1.82, 2.24) is 14.2 Å². The summed E-state index contributed by atoms with van der Waals surface area (Å²) in [6.45, 7) is 2.25. The maximum atomic E-state index is 13.2. The van der Waals surface area contributed by atoms with E-state index in [-0.39, 0.29) is 29.6 Å². The Bertz CT molecular complexity index is 1310. The number of benzene rings is 2. The van der Waals surface area contributed by atoms with Gasteiger partial charge in [-0.25, -0.2) is 13.4 Å². The molecule has 3 aromatic rings. The lowest BCUT2D eigenvalue weighted by Crippen LogP contribution is -2.50. The number of hydrogen-bond acceptors (Lipinski definition) is 7. The number of sulfonamides is 1. The standard InChI is InChI=1S/C24H25N3O5S2/c28-24(17-33-23-9-6-18-4-1-2-5-20(18)25-23)26-10-12-27(13-11-26)34(29,30)19-7-8-21-22(16-19)32-15-3-14-31-21/h1-2,4-9,16H,3,10-15,17H2. The summed E-state index contributed by atoms with van der Waals surface area (Å²) in [5, 5.41) is 1.85. The normalized spacial score (nSPS) is 16.9. The fourth-order valence-electron chi connectivity index (χ4n) is 3.99. The summed E-state index contributed by atoms with van der Waals surface area (Å²) >= 11 is 1.40. The zero-order valence-corrected chi connectivity index (χ0v) is 20.2. The summed E-state index contributed by atoms with van der Waals surface area (Å²) in [6.07, 6.45) is 0.752. The Morgan fingerprint density at radius 1 is 0.941 bits per heavy atom. The van der Waals surface area contributed by atoms with Crippen LogP contribution >= 0.6 is 11.8 Å². The molecule has 0 bridgehead atoms. The van der Waals surface area contributed by atoms with E-state index in [0.29, 0.717) is 37.8 Å². The quantitative estimate of drug-likeness (QED) is 0.499. The first-order valence-corrected chi connectivity index (χ1v) is 13.6. The van der Waals surface area contributed by atoms with Crippen LogP contribution in [-0.4, -0.2) is 73.7 Å². The van der Waals surface area contributed by atoms with Crippen molar-refractivity contribution >= 4 is 38.6 Å². The third-order valence-corrected chi connectivity index (χ3v) is 8.67. The number of carbonyl (C=O) groups excluding carboxylic acids is 1. The van der Waals surface area contributed by atoms with E-state index >= 15 is 0 Å². The van der Waals surface area contributed by atoms with Gasteiger partial charge in [-0.3, -0.25) is 4.79 Å². The molecular formula is C24H25N3O5S2. The first-order valence-electron chi connectivity index (χ1n) is 11.2. The van der Waals surface area contributed by atoms with Crippen LogP contribution in [0.15, 0.2) is 64.5 Å². The second-order valence-electron chi connectivity index (χ2n) is 8.07. The summed E-state index contributed by atoms with van der Waals surface area (Å²) in [5.41, 5.74) is 0.897. The molecule has 0 aliphatic carbocycles. The zero-order valence-electron chi connectivity index (χ0n) is 18.6. The van der Waals surface area contributed by atoms with Gasteiger partial charge in [0.1, 0.15) is 0 Å². The van der Waals surface area contributed by atoms with Crippen molar-refractivity contribution in [1.29, 1.82) is 0 Å². The van der Waals surface area contributed by atoms with Crippen LogP contribution in [-0.2, 0) is 14.8 Å². The molecule has 2 aliphatic heterocycles. The predicted molar refractivity (Wildman–Crippen MR) is 130 cm³/mol. The third kappa shape index (κ3) is 4.84. The monoisotopic (exact) mass is 499 g/mol. The highest BCUT2D eigenvalue weighted by Gasteiger charge is 2.31. The molecule has 10 heteroatoms. The number of amides is 1. The number of nitrogens with zero attached hydrogens (tertiary/aromatic N) is 3. The highest BCUT2D eigenvalue weighted by Crippen LogP contribution is 2.33. The van der Waals surface area contributed by atoms with E-state index < -0.39 is 10.0 Å². The number of hydrogen-bond donors (Lipinski definition) is 0. The minimum absolute atomic E-state index is 0.0208. The van der Waals surface area contributed by atoms with Crippen LogP contribution in [0.1, 0.15) is 6.42 Å². The summed E-state index contributed by atoms with van der Waals surface area (Å²) < 4.78 is 39.0. The molecule has 0 N–H and O–H groups in total. The van der Waals surface area contributed by atoms with Gasteiger partial charge in [0.2, 0.25) is 15.9 Å². The van der Waals surface area contributed by atoms with E-state index in [2.05, 4.69) is 4.98 Å². The molecule has 34 heavy (non-hydrogen) atoms. The minimum atomic E-state index is -3.69. The van der Waals surface area contributed by atoms with Crippen LogP contribution in [0.25, 0.3) is 10.9 Å². The van der Waals surface area contributed by atoms with Crippen LogP contribution in [0.5, 0.6) is 11.5 Å². The summed E-state index contributed by atoms with van der Waals surface area (Å²) in [5.74, 6) is 1.25. The van der Waals surface area contributed by atoms with Crippen molar-refractivity contribution in [3.63, 3.8) is 0 Å². The Hall–Kier alpha value is -2.82. The molecule has 1 aromatic heterocycles. The van der Waals surface area contributed by atoms with Gasteiger partial charge in [-0.1, -0.05) is 36.0 Å². The SMILES string of the molecule is O=C(CSc1ccc2ccccc2n1)N1CCN(S(=O)(=O)c2ccc3c(c2)OCCCO3)CC1. The van der Waals surface area contributed by atoms with Crippen LogP contribution < -0.4 is 9.47 Å². The molecule has 0 radical (unpaired) electrons. The Morgan fingerprint density at radius 2 is 1.71 bits per heavy atom. The van der Waals surface area contributed by atoms with Gasteiger partial charge in [0, 0.05) is 44.1 Å².